The second-order valence-corrected chi connectivity index (χ2v) is 10.5. The van der Waals surface area contributed by atoms with Gasteiger partial charge in [-0.1, -0.05) is 35.9 Å². The second kappa shape index (κ2) is 12.9. The first-order valence-electron chi connectivity index (χ1n) is 13.6. The molecule has 1 aromatic heterocycles. The molecular formula is C32H37Cl2N5O. The van der Waals surface area contributed by atoms with Crippen LogP contribution in [0.25, 0.3) is 10.9 Å². The number of benzene rings is 3. The van der Waals surface area contributed by atoms with E-state index >= 15 is 0 Å². The number of fused-ring (bicyclic) bond motifs is 1. The summed E-state index contributed by atoms with van der Waals surface area (Å²) < 4.78 is 0. The predicted molar refractivity (Wildman–Crippen MR) is 171 cm³/mol. The van der Waals surface area contributed by atoms with E-state index in [9.17, 15) is 4.79 Å². The number of amides is 2. The number of anilines is 3. The quantitative estimate of drug-likeness (QED) is 0.262. The Kier molecular flexibility index (Phi) is 9.56. The fraction of sp³-hybridized carbons (Fsp3) is 0.312. The highest BCUT2D eigenvalue weighted by molar-refractivity contribution is 6.06. The Hall–Kier alpha value is -3.32. The minimum absolute atomic E-state index is 0. The van der Waals surface area contributed by atoms with Crippen molar-refractivity contribution in [1.29, 1.82) is 0 Å². The van der Waals surface area contributed by atoms with Crippen LogP contribution in [0.15, 0.2) is 78.9 Å². The normalized spacial score (nSPS) is 15.8. The van der Waals surface area contributed by atoms with Crippen LogP contribution in [0.1, 0.15) is 16.8 Å². The van der Waals surface area contributed by atoms with Crippen LogP contribution in [0.5, 0.6) is 0 Å². The standard InChI is InChI=1S/C32H35N5O.2ClH/c1-24-9-12-27(13-10-24)36-21-22-37(32(36)38)28-6-3-5-26(23-28)15-16-34-17-19-35(20-18-34)31-8-4-7-30-29(31)14-11-25(2)33-30;;/h3-14,23H,15-22H2,1-2H3;2*1H. The lowest BCUT2D eigenvalue weighted by molar-refractivity contribution is 0.256. The molecule has 0 saturated carbocycles. The fourth-order valence-electron chi connectivity index (χ4n) is 5.64. The van der Waals surface area contributed by atoms with E-state index in [0.29, 0.717) is 13.1 Å². The van der Waals surface area contributed by atoms with Gasteiger partial charge in [0.1, 0.15) is 0 Å². The molecular weight excluding hydrogens is 541 g/mol. The third-order valence-electron chi connectivity index (χ3n) is 7.85. The van der Waals surface area contributed by atoms with Gasteiger partial charge >= 0.3 is 6.03 Å². The van der Waals surface area contributed by atoms with Crippen molar-refractivity contribution >= 4 is 58.8 Å². The molecule has 6 nitrogen and oxygen atoms in total. The number of halogens is 2. The van der Waals surface area contributed by atoms with E-state index in [1.165, 1.54) is 22.2 Å². The number of pyridine rings is 1. The molecule has 3 aromatic carbocycles. The third kappa shape index (κ3) is 6.20. The maximum absolute atomic E-state index is 13.2. The molecule has 0 N–H and O–H groups in total. The maximum atomic E-state index is 13.2. The van der Waals surface area contributed by atoms with E-state index < -0.39 is 0 Å². The molecule has 0 unspecified atom stereocenters. The van der Waals surface area contributed by atoms with Gasteiger partial charge in [0.15, 0.2) is 0 Å². The zero-order valence-corrected chi connectivity index (χ0v) is 24.8. The van der Waals surface area contributed by atoms with Gasteiger partial charge in [0.05, 0.1) is 5.52 Å². The maximum Gasteiger partial charge on any atom is 0.329 e. The summed E-state index contributed by atoms with van der Waals surface area (Å²) in [5.74, 6) is 0. The Morgan fingerprint density at radius 3 is 2.17 bits per heavy atom. The fourth-order valence-corrected chi connectivity index (χ4v) is 5.64. The van der Waals surface area contributed by atoms with Crippen LogP contribution in [0.2, 0.25) is 0 Å². The van der Waals surface area contributed by atoms with Gasteiger partial charge in [-0.05, 0) is 74.4 Å². The molecule has 40 heavy (non-hydrogen) atoms. The topological polar surface area (TPSA) is 42.9 Å². The summed E-state index contributed by atoms with van der Waals surface area (Å²) in [6.45, 7) is 10.7. The lowest BCUT2D eigenvalue weighted by Gasteiger charge is -2.36. The highest BCUT2D eigenvalue weighted by Crippen LogP contribution is 2.28. The van der Waals surface area contributed by atoms with Crippen molar-refractivity contribution < 1.29 is 4.79 Å². The predicted octanol–water partition coefficient (Wildman–Crippen LogP) is 6.51. The number of aryl methyl sites for hydroxylation is 2. The summed E-state index contributed by atoms with van der Waals surface area (Å²) in [6.07, 6.45) is 0.981. The van der Waals surface area contributed by atoms with Crippen molar-refractivity contribution in [3.63, 3.8) is 0 Å². The molecule has 2 aliphatic rings. The molecule has 8 heteroatoms. The second-order valence-electron chi connectivity index (χ2n) is 10.5. The molecule has 4 aromatic rings. The smallest absolute Gasteiger partial charge is 0.329 e. The molecule has 2 saturated heterocycles. The number of rotatable bonds is 6. The lowest BCUT2D eigenvalue weighted by atomic mass is 10.1. The monoisotopic (exact) mass is 577 g/mol. The number of nitrogens with zero attached hydrogens (tertiary/aromatic N) is 5. The minimum Gasteiger partial charge on any atom is -0.368 e. The highest BCUT2D eigenvalue weighted by atomic mass is 35.5. The van der Waals surface area contributed by atoms with Crippen LogP contribution >= 0.6 is 24.8 Å². The van der Waals surface area contributed by atoms with Gasteiger partial charge in [-0.25, -0.2) is 4.79 Å². The van der Waals surface area contributed by atoms with Gasteiger partial charge in [-0.2, -0.15) is 0 Å². The first kappa shape index (κ1) is 29.7. The molecule has 2 amide bonds. The number of carbonyl (C=O) groups excluding carboxylic acids is 1. The van der Waals surface area contributed by atoms with Crippen molar-refractivity contribution in [3.8, 4) is 0 Å². The minimum atomic E-state index is 0. The van der Waals surface area contributed by atoms with E-state index in [0.717, 1.165) is 61.7 Å². The van der Waals surface area contributed by atoms with Crippen LogP contribution in [0, 0.1) is 13.8 Å². The Morgan fingerprint density at radius 2 is 1.43 bits per heavy atom. The Bertz CT molecular complexity index is 1450. The van der Waals surface area contributed by atoms with Crippen LogP contribution in [0.3, 0.4) is 0 Å². The SMILES string of the molecule is Cc1ccc(N2CCN(c3cccc(CCN4CCN(c5cccc6nc(C)ccc56)CC4)c3)C2=O)cc1.Cl.Cl. The van der Waals surface area contributed by atoms with E-state index in [1.54, 1.807) is 0 Å². The van der Waals surface area contributed by atoms with Gasteiger partial charge in [0, 0.05) is 74.0 Å². The number of aromatic nitrogens is 1. The summed E-state index contributed by atoms with van der Waals surface area (Å²) in [5.41, 5.74) is 7.86. The highest BCUT2D eigenvalue weighted by Gasteiger charge is 2.30. The van der Waals surface area contributed by atoms with E-state index in [1.807, 2.05) is 28.9 Å². The molecule has 0 spiro atoms. The van der Waals surface area contributed by atoms with Crippen molar-refractivity contribution in [2.45, 2.75) is 20.3 Å². The average molecular weight is 579 g/mol. The van der Waals surface area contributed by atoms with Gasteiger partial charge in [0.2, 0.25) is 0 Å². The Labute approximate surface area is 249 Å². The summed E-state index contributed by atoms with van der Waals surface area (Å²) in [4.78, 5) is 26.7. The molecule has 210 valence electrons. The van der Waals surface area contributed by atoms with Crippen LogP contribution in [-0.2, 0) is 6.42 Å². The van der Waals surface area contributed by atoms with Crippen molar-refractivity contribution in [1.82, 2.24) is 9.88 Å². The molecule has 3 heterocycles. The van der Waals surface area contributed by atoms with E-state index in [2.05, 4.69) is 83.5 Å². The van der Waals surface area contributed by atoms with Gasteiger partial charge in [-0.15, -0.1) is 24.8 Å². The Balaban J connectivity index is 0.00000185. The molecule has 0 bridgehead atoms. The third-order valence-corrected chi connectivity index (χ3v) is 7.85. The first-order valence-corrected chi connectivity index (χ1v) is 13.6. The van der Waals surface area contributed by atoms with Crippen molar-refractivity contribution in [3.05, 3.63) is 95.7 Å². The zero-order chi connectivity index (χ0) is 26.1. The summed E-state index contributed by atoms with van der Waals surface area (Å²) in [7, 11) is 0. The Morgan fingerprint density at radius 1 is 0.725 bits per heavy atom. The summed E-state index contributed by atoms with van der Waals surface area (Å²) in [6, 6.07) is 27.5. The van der Waals surface area contributed by atoms with Crippen molar-refractivity contribution in [2.75, 3.05) is 60.5 Å². The van der Waals surface area contributed by atoms with Gasteiger partial charge in [0.25, 0.3) is 0 Å². The molecule has 6 rings (SSSR count). The number of hydrogen-bond acceptors (Lipinski definition) is 4. The largest absolute Gasteiger partial charge is 0.368 e. The summed E-state index contributed by atoms with van der Waals surface area (Å²) >= 11 is 0. The first-order chi connectivity index (χ1) is 18.5. The molecule has 0 radical (unpaired) electrons. The summed E-state index contributed by atoms with van der Waals surface area (Å²) in [5, 5.41) is 1.24. The van der Waals surface area contributed by atoms with Crippen molar-refractivity contribution in [2.24, 2.45) is 0 Å². The van der Waals surface area contributed by atoms with E-state index in [-0.39, 0.29) is 30.8 Å². The van der Waals surface area contributed by atoms with Crippen LogP contribution < -0.4 is 14.7 Å². The molecule has 2 fully saturated rings. The van der Waals surface area contributed by atoms with Gasteiger partial charge in [-0.3, -0.25) is 19.7 Å². The zero-order valence-electron chi connectivity index (χ0n) is 23.1. The number of hydrogen-bond donors (Lipinski definition) is 0. The molecule has 0 atom stereocenters. The van der Waals surface area contributed by atoms with E-state index in [4.69, 9.17) is 4.98 Å². The van der Waals surface area contributed by atoms with Gasteiger partial charge < -0.3 is 4.90 Å². The number of urea groups is 1. The lowest BCUT2D eigenvalue weighted by Crippen LogP contribution is -2.47. The average Bonchev–Trinajstić information content (AvgIpc) is 3.33. The number of carbonyl (C=O) groups is 1. The molecule has 0 aliphatic carbocycles. The molecule has 2 aliphatic heterocycles. The number of piperazine rings is 1. The van der Waals surface area contributed by atoms with Crippen LogP contribution in [-0.4, -0.2) is 61.7 Å². The van der Waals surface area contributed by atoms with Crippen LogP contribution in [0.4, 0.5) is 21.9 Å².